The first-order valence-corrected chi connectivity index (χ1v) is 10.4. The van der Waals surface area contributed by atoms with Crippen molar-refractivity contribution in [1.29, 1.82) is 0 Å². The molecule has 1 aromatic heterocycles. The highest BCUT2D eigenvalue weighted by molar-refractivity contribution is 7.99. The van der Waals surface area contributed by atoms with Crippen LogP contribution < -0.4 is 9.47 Å². The topological polar surface area (TPSA) is 69.5 Å². The maximum absolute atomic E-state index is 12.7. The Bertz CT molecular complexity index is 834. The molecule has 0 N–H and O–H groups in total. The number of hydrogen-bond acceptors (Lipinski definition) is 6. The summed E-state index contributed by atoms with van der Waals surface area (Å²) in [5.74, 6) is 3.59. The lowest BCUT2D eigenvalue weighted by molar-refractivity contribution is -0.128. The fourth-order valence-electron chi connectivity index (χ4n) is 3.20. The van der Waals surface area contributed by atoms with Gasteiger partial charge in [0.15, 0.2) is 16.7 Å². The van der Waals surface area contributed by atoms with Gasteiger partial charge in [-0.1, -0.05) is 17.8 Å². The highest BCUT2D eigenvalue weighted by Gasteiger charge is 2.30. The second kappa shape index (κ2) is 7.80. The van der Waals surface area contributed by atoms with Crippen molar-refractivity contribution in [1.82, 2.24) is 19.7 Å². The second-order valence-electron chi connectivity index (χ2n) is 6.74. The Morgan fingerprint density at radius 3 is 2.81 bits per heavy atom. The fourth-order valence-corrected chi connectivity index (χ4v) is 4.11. The molecule has 1 aromatic carbocycles. The molecule has 144 valence electrons. The van der Waals surface area contributed by atoms with E-state index in [9.17, 15) is 4.79 Å². The van der Waals surface area contributed by atoms with Gasteiger partial charge in [-0.25, -0.2) is 0 Å². The molecule has 7 nitrogen and oxygen atoms in total. The molecule has 1 amide bonds. The van der Waals surface area contributed by atoms with Crippen molar-refractivity contribution in [3.8, 4) is 11.5 Å². The summed E-state index contributed by atoms with van der Waals surface area (Å²) in [5, 5.41) is 9.48. The van der Waals surface area contributed by atoms with Gasteiger partial charge in [-0.05, 0) is 44.4 Å². The molecule has 1 aliphatic heterocycles. The monoisotopic (exact) mass is 388 g/mol. The van der Waals surface area contributed by atoms with Gasteiger partial charge in [-0.3, -0.25) is 4.79 Å². The van der Waals surface area contributed by atoms with E-state index >= 15 is 0 Å². The van der Waals surface area contributed by atoms with E-state index in [2.05, 4.69) is 21.7 Å². The predicted molar refractivity (Wildman–Crippen MR) is 102 cm³/mol. The lowest BCUT2D eigenvalue weighted by Crippen LogP contribution is -2.31. The molecule has 4 rings (SSSR count). The maximum Gasteiger partial charge on any atom is 0.233 e. The van der Waals surface area contributed by atoms with E-state index < -0.39 is 0 Å². The molecule has 2 heterocycles. The van der Waals surface area contributed by atoms with E-state index in [1.165, 1.54) is 24.6 Å². The van der Waals surface area contributed by atoms with Crippen molar-refractivity contribution < 1.29 is 14.3 Å². The van der Waals surface area contributed by atoms with Crippen molar-refractivity contribution in [3.63, 3.8) is 0 Å². The average molecular weight is 388 g/mol. The number of fused-ring (bicyclic) bond motifs is 1. The second-order valence-corrected chi connectivity index (χ2v) is 7.69. The molecular weight excluding hydrogens is 364 g/mol. The van der Waals surface area contributed by atoms with E-state index in [0.29, 0.717) is 24.8 Å². The number of carbonyl (C=O) groups is 1. The zero-order valence-corrected chi connectivity index (χ0v) is 16.5. The van der Waals surface area contributed by atoms with Crippen molar-refractivity contribution in [2.45, 2.75) is 50.9 Å². The van der Waals surface area contributed by atoms with Crippen LogP contribution in [0.5, 0.6) is 11.5 Å². The minimum Gasteiger partial charge on any atom is -0.454 e. The molecule has 1 aliphatic carbocycles. The quantitative estimate of drug-likeness (QED) is 0.648. The minimum atomic E-state index is 0.0961. The van der Waals surface area contributed by atoms with E-state index in [-0.39, 0.29) is 12.7 Å². The predicted octanol–water partition coefficient (Wildman–Crippen LogP) is 3.04. The highest BCUT2D eigenvalue weighted by atomic mass is 32.2. The zero-order valence-electron chi connectivity index (χ0n) is 15.7. The zero-order chi connectivity index (χ0) is 18.8. The van der Waals surface area contributed by atoms with Gasteiger partial charge >= 0.3 is 0 Å². The summed E-state index contributed by atoms with van der Waals surface area (Å²) in [7, 11) is 0. The van der Waals surface area contributed by atoms with Gasteiger partial charge in [0.1, 0.15) is 5.82 Å². The Morgan fingerprint density at radius 2 is 2.07 bits per heavy atom. The summed E-state index contributed by atoms with van der Waals surface area (Å²) in [6.45, 7) is 6.40. The number of hydrogen-bond donors (Lipinski definition) is 0. The lowest BCUT2D eigenvalue weighted by Gasteiger charge is -2.21. The van der Waals surface area contributed by atoms with Crippen LogP contribution in [0, 0.1) is 0 Å². The molecule has 2 aromatic rings. The third kappa shape index (κ3) is 3.90. The number of amides is 1. The van der Waals surface area contributed by atoms with Gasteiger partial charge in [0.25, 0.3) is 0 Å². The van der Waals surface area contributed by atoms with Gasteiger partial charge in [-0.2, -0.15) is 0 Å². The summed E-state index contributed by atoms with van der Waals surface area (Å²) in [6, 6.07) is 5.82. The summed E-state index contributed by atoms with van der Waals surface area (Å²) < 4.78 is 12.9. The van der Waals surface area contributed by atoms with Crippen LogP contribution >= 0.6 is 11.8 Å². The van der Waals surface area contributed by atoms with Gasteiger partial charge in [-0.15, -0.1) is 10.2 Å². The Hall–Kier alpha value is -2.22. The number of nitrogens with zero attached hydrogens (tertiary/aromatic N) is 4. The van der Waals surface area contributed by atoms with Gasteiger partial charge in [0, 0.05) is 25.6 Å². The molecule has 8 heteroatoms. The molecule has 0 spiro atoms. The Balaban J connectivity index is 1.38. The van der Waals surface area contributed by atoms with E-state index in [1.807, 2.05) is 30.0 Å². The first-order chi connectivity index (χ1) is 13.2. The number of thioether (sulfide) groups is 1. The highest BCUT2D eigenvalue weighted by Crippen LogP contribution is 2.40. The summed E-state index contributed by atoms with van der Waals surface area (Å²) in [5.41, 5.74) is 1.03. The van der Waals surface area contributed by atoms with Crippen molar-refractivity contribution >= 4 is 17.7 Å². The van der Waals surface area contributed by atoms with Crippen LogP contribution in [0.4, 0.5) is 0 Å². The summed E-state index contributed by atoms with van der Waals surface area (Å²) >= 11 is 1.47. The molecule has 0 saturated heterocycles. The Morgan fingerprint density at radius 1 is 1.26 bits per heavy atom. The molecule has 0 unspecified atom stereocenters. The number of carbonyl (C=O) groups excluding carboxylic acids is 1. The Labute approximate surface area is 163 Å². The van der Waals surface area contributed by atoms with Crippen LogP contribution in [-0.2, 0) is 17.9 Å². The van der Waals surface area contributed by atoms with Crippen LogP contribution in [0.1, 0.15) is 44.0 Å². The molecule has 1 saturated carbocycles. The Kier molecular flexibility index (Phi) is 5.24. The van der Waals surface area contributed by atoms with Gasteiger partial charge < -0.3 is 18.9 Å². The van der Waals surface area contributed by atoms with E-state index in [4.69, 9.17) is 9.47 Å². The molecule has 0 atom stereocenters. The standard InChI is InChI=1S/C19H24N4O3S/c1-3-22(10-13-5-8-15-16(9-13)26-12-25-15)17(24)11-27-19-21-20-18(14-6-7-14)23(19)4-2/h5,8-9,14H,3-4,6-7,10-12H2,1-2H3. The first-order valence-electron chi connectivity index (χ1n) is 9.41. The number of rotatable bonds is 8. The number of aromatic nitrogens is 3. The summed E-state index contributed by atoms with van der Waals surface area (Å²) in [4.78, 5) is 14.6. The van der Waals surface area contributed by atoms with Crippen LogP contribution in [0.15, 0.2) is 23.4 Å². The fraction of sp³-hybridized carbons (Fsp3) is 0.526. The van der Waals surface area contributed by atoms with Crippen LogP contribution in [0.25, 0.3) is 0 Å². The largest absolute Gasteiger partial charge is 0.454 e. The van der Waals surface area contributed by atoms with E-state index in [0.717, 1.165) is 34.6 Å². The normalized spacial score (nSPS) is 15.2. The maximum atomic E-state index is 12.7. The van der Waals surface area contributed by atoms with Crippen molar-refractivity contribution in [2.24, 2.45) is 0 Å². The van der Waals surface area contributed by atoms with Crippen molar-refractivity contribution in [3.05, 3.63) is 29.6 Å². The first kappa shape index (κ1) is 18.2. The smallest absolute Gasteiger partial charge is 0.233 e. The minimum absolute atomic E-state index is 0.0961. The molecule has 27 heavy (non-hydrogen) atoms. The SMILES string of the molecule is CCN(Cc1ccc2c(c1)OCO2)C(=O)CSc1nnc(C2CC2)n1CC. The third-order valence-corrected chi connectivity index (χ3v) is 5.83. The van der Waals surface area contributed by atoms with Gasteiger partial charge in [0.05, 0.1) is 5.75 Å². The van der Waals surface area contributed by atoms with Gasteiger partial charge in [0.2, 0.25) is 12.7 Å². The van der Waals surface area contributed by atoms with Crippen LogP contribution in [0.3, 0.4) is 0 Å². The average Bonchev–Trinajstić information content (AvgIpc) is 3.28. The lowest BCUT2D eigenvalue weighted by atomic mass is 10.2. The molecule has 2 aliphatic rings. The number of ether oxygens (including phenoxy) is 2. The molecular formula is C19H24N4O3S. The third-order valence-electron chi connectivity index (χ3n) is 4.87. The number of benzene rings is 1. The van der Waals surface area contributed by atoms with Crippen LogP contribution in [0.2, 0.25) is 0 Å². The summed E-state index contributed by atoms with van der Waals surface area (Å²) in [6.07, 6.45) is 2.39. The van der Waals surface area contributed by atoms with Crippen molar-refractivity contribution in [2.75, 3.05) is 19.1 Å². The molecule has 0 radical (unpaired) electrons. The molecule has 1 fully saturated rings. The van der Waals surface area contributed by atoms with E-state index in [1.54, 1.807) is 0 Å². The van der Waals surface area contributed by atoms with Crippen LogP contribution in [-0.4, -0.2) is 44.7 Å². The molecule has 0 bridgehead atoms.